The van der Waals surface area contributed by atoms with E-state index in [0.717, 1.165) is 10.1 Å². The minimum atomic E-state index is -0.0531. The molecule has 1 atom stereocenters. The molecule has 92 valence electrons. The fraction of sp³-hybridized carbons (Fsp3) is 0.500. The second-order valence-electron chi connectivity index (χ2n) is 3.40. The standard InChI is InChI=1S/C10H16IN3O.ClH/c1-3-12-7(2)5-14-10(15)9-4-8(11)6-13-9;/h4,6-7,12-13H,3,5H2,1-2H3,(H,14,15);1H/t7-;/m1./s1. The number of likely N-dealkylation sites (N-methyl/N-ethyl adjacent to an activating group) is 1. The van der Waals surface area contributed by atoms with Gasteiger partial charge in [0.2, 0.25) is 0 Å². The van der Waals surface area contributed by atoms with E-state index in [1.165, 1.54) is 0 Å². The number of hydrogen-bond acceptors (Lipinski definition) is 2. The van der Waals surface area contributed by atoms with Crippen molar-refractivity contribution in [2.24, 2.45) is 0 Å². The molecule has 0 saturated carbocycles. The Bertz CT molecular complexity index is 330. The predicted molar refractivity (Wildman–Crippen MR) is 76.2 cm³/mol. The molecular formula is C10H17ClIN3O. The molecule has 0 radical (unpaired) electrons. The third-order valence-corrected chi connectivity index (χ3v) is 2.64. The lowest BCUT2D eigenvalue weighted by atomic mass is 10.3. The molecule has 0 aliphatic carbocycles. The third kappa shape index (κ3) is 5.18. The first-order valence-corrected chi connectivity index (χ1v) is 6.07. The van der Waals surface area contributed by atoms with Gasteiger partial charge in [0.15, 0.2) is 0 Å². The molecule has 6 heteroatoms. The summed E-state index contributed by atoms with van der Waals surface area (Å²) < 4.78 is 1.04. The highest BCUT2D eigenvalue weighted by molar-refractivity contribution is 14.1. The van der Waals surface area contributed by atoms with Gasteiger partial charge in [-0.15, -0.1) is 12.4 Å². The second-order valence-corrected chi connectivity index (χ2v) is 4.65. The second kappa shape index (κ2) is 7.92. The fourth-order valence-electron chi connectivity index (χ4n) is 1.26. The van der Waals surface area contributed by atoms with E-state index in [-0.39, 0.29) is 18.3 Å². The van der Waals surface area contributed by atoms with Crippen molar-refractivity contribution < 1.29 is 4.79 Å². The highest BCUT2D eigenvalue weighted by Gasteiger charge is 2.08. The summed E-state index contributed by atoms with van der Waals surface area (Å²) in [4.78, 5) is 14.5. The smallest absolute Gasteiger partial charge is 0.267 e. The van der Waals surface area contributed by atoms with Crippen molar-refractivity contribution in [3.05, 3.63) is 21.5 Å². The first-order valence-electron chi connectivity index (χ1n) is 4.99. The third-order valence-electron chi connectivity index (χ3n) is 2.01. The molecule has 1 aromatic rings. The predicted octanol–water partition coefficient (Wildman–Crippen LogP) is 1.77. The molecule has 0 bridgehead atoms. The highest BCUT2D eigenvalue weighted by atomic mass is 127. The van der Waals surface area contributed by atoms with Crippen LogP contribution in [-0.4, -0.2) is 30.0 Å². The van der Waals surface area contributed by atoms with Gasteiger partial charge in [-0.1, -0.05) is 6.92 Å². The molecule has 0 aliphatic heterocycles. The zero-order chi connectivity index (χ0) is 11.3. The molecule has 0 fully saturated rings. The summed E-state index contributed by atoms with van der Waals surface area (Å²) in [7, 11) is 0. The molecule has 0 aromatic carbocycles. The van der Waals surface area contributed by atoms with E-state index in [0.29, 0.717) is 18.3 Å². The number of H-pyrrole nitrogens is 1. The molecule has 4 nitrogen and oxygen atoms in total. The molecule has 3 N–H and O–H groups in total. The molecule has 0 saturated heterocycles. The van der Waals surface area contributed by atoms with Gasteiger partial charge in [-0.3, -0.25) is 4.79 Å². The average molecular weight is 358 g/mol. The summed E-state index contributed by atoms with van der Waals surface area (Å²) in [6.07, 6.45) is 1.81. The maximum absolute atomic E-state index is 11.6. The zero-order valence-corrected chi connectivity index (χ0v) is 12.3. The quantitative estimate of drug-likeness (QED) is 0.704. The van der Waals surface area contributed by atoms with E-state index in [9.17, 15) is 4.79 Å². The van der Waals surface area contributed by atoms with Gasteiger partial charge in [-0.05, 0) is 42.1 Å². The number of halogens is 2. The van der Waals surface area contributed by atoms with Crippen LogP contribution in [0.5, 0.6) is 0 Å². The summed E-state index contributed by atoms with van der Waals surface area (Å²) in [6, 6.07) is 2.13. The lowest BCUT2D eigenvalue weighted by molar-refractivity contribution is 0.0946. The monoisotopic (exact) mass is 357 g/mol. The fourth-order valence-corrected chi connectivity index (χ4v) is 1.73. The van der Waals surface area contributed by atoms with E-state index in [1.807, 2.05) is 26.1 Å². The molecule has 1 rings (SSSR count). The van der Waals surface area contributed by atoms with Crippen LogP contribution in [0.15, 0.2) is 12.3 Å². The van der Waals surface area contributed by atoms with Crippen molar-refractivity contribution >= 4 is 40.9 Å². The van der Waals surface area contributed by atoms with Gasteiger partial charge in [0.1, 0.15) is 5.69 Å². The van der Waals surface area contributed by atoms with Crippen molar-refractivity contribution in [1.82, 2.24) is 15.6 Å². The van der Waals surface area contributed by atoms with E-state index in [2.05, 4.69) is 38.2 Å². The number of amides is 1. The Hall–Kier alpha value is -0.270. The molecule has 16 heavy (non-hydrogen) atoms. The molecular weight excluding hydrogens is 340 g/mol. The summed E-state index contributed by atoms with van der Waals surface area (Å²) >= 11 is 2.17. The Balaban J connectivity index is 0.00000225. The van der Waals surface area contributed by atoms with Crippen LogP contribution < -0.4 is 10.6 Å². The van der Waals surface area contributed by atoms with Gasteiger partial charge < -0.3 is 15.6 Å². The van der Waals surface area contributed by atoms with Gasteiger partial charge in [0, 0.05) is 22.4 Å². The number of nitrogens with one attached hydrogen (secondary N) is 3. The van der Waals surface area contributed by atoms with Crippen LogP contribution in [0, 0.1) is 3.57 Å². The van der Waals surface area contributed by atoms with Crippen LogP contribution in [0.25, 0.3) is 0 Å². The summed E-state index contributed by atoms with van der Waals surface area (Å²) in [5, 5.41) is 6.09. The Morgan fingerprint density at radius 1 is 1.62 bits per heavy atom. The summed E-state index contributed by atoms with van der Waals surface area (Å²) in [6.45, 7) is 5.65. The molecule has 1 amide bonds. The molecule has 0 aliphatic rings. The molecule has 0 unspecified atom stereocenters. The number of aromatic amines is 1. The number of hydrogen-bond donors (Lipinski definition) is 3. The van der Waals surface area contributed by atoms with Crippen LogP contribution in [0.4, 0.5) is 0 Å². The Morgan fingerprint density at radius 3 is 2.81 bits per heavy atom. The van der Waals surface area contributed by atoms with Gasteiger partial charge in [-0.25, -0.2) is 0 Å². The van der Waals surface area contributed by atoms with E-state index < -0.39 is 0 Å². The van der Waals surface area contributed by atoms with Crippen LogP contribution >= 0.6 is 35.0 Å². The topological polar surface area (TPSA) is 56.9 Å². The van der Waals surface area contributed by atoms with Crippen LogP contribution in [0.2, 0.25) is 0 Å². The van der Waals surface area contributed by atoms with Gasteiger partial charge >= 0.3 is 0 Å². The van der Waals surface area contributed by atoms with Gasteiger partial charge in [0.05, 0.1) is 0 Å². The number of aromatic nitrogens is 1. The maximum atomic E-state index is 11.6. The molecule has 1 aromatic heterocycles. The molecule has 1 heterocycles. The van der Waals surface area contributed by atoms with Crippen molar-refractivity contribution in [1.29, 1.82) is 0 Å². The SMILES string of the molecule is CCN[C@H](C)CNC(=O)c1cc(I)c[nH]1.Cl. The van der Waals surface area contributed by atoms with E-state index in [4.69, 9.17) is 0 Å². The normalized spacial score (nSPS) is 11.7. The lowest BCUT2D eigenvalue weighted by Gasteiger charge is -2.12. The van der Waals surface area contributed by atoms with Crippen molar-refractivity contribution in [2.75, 3.05) is 13.1 Å². The van der Waals surface area contributed by atoms with E-state index in [1.54, 1.807) is 0 Å². The summed E-state index contributed by atoms with van der Waals surface area (Å²) in [5.74, 6) is -0.0531. The van der Waals surface area contributed by atoms with Crippen LogP contribution in [-0.2, 0) is 0 Å². The minimum Gasteiger partial charge on any atom is -0.356 e. The number of rotatable bonds is 5. The number of carbonyl (C=O) groups excluding carboxylic acids is 1. The first-order chi connectivity index (χ1) is 7.13. The first kappa shape index (κ1) is 15.7. The Kier molecular flexibility index (Phi) is 7.78. The summed E-state index contributed by atoms with van der Waals surface area (Å²) in [5.41, 5.74) is 0.614. The lowest BCUT2D eigenvalue weighted by Crippen LogP contribution is -2.38. The highest BCUT2D eigenvalue weighted by Crippen LogP contribution is 2.05. The van der Waals surface area contributed by atoms with Gasteiger partial charge in [-0.2, -0.15) is 0 Å². The van der Waals surface area contributed by atoms with Crippen LogP contribution in [0.1, 0.15) is 24.3 Å². The van der Waals surface area contributed by atoms with Crippen LogP contribution in [0.3, 0.4) is 0 Å². The average Bonchev–Trinajstić information content (AvgIpc) is 2.62. The maximum Gasteiger partial charge on any atom is 0.267 e. The van der Waals surface area contributed by atoms with Crippen molar-refractivity contribution in [3.8, 4) is 0 Å². The van der Waals surface area contributed by atoms with E-state index >= 15 is 0 Å². The largest absolute Gasteiger partial charge is 0.356 e. The Labute approximate surface area is 116 Å². The van der Waals surface area contributed by atoms with Crippen molar-refractivity contribution in [2.45, 2.75) is 19.9 Å². The Morgan fingerprint density at radius 2 is 2.31 bits per heavy atom. The molecule has 0 spiro atoms. The van der Waals surface area contributed by atoms with Crippen molar-refractivity contribution in [3.63, 3.8) is 0 Å². The van der Waals surface area contributed by atoms with Gasteiger partial charge in [0.25, 0.3) is 5.91 Å². The minimum absolute atomic E-state index is 0. The number of carbonyl (C=O) groups is 1. The zero-order valence-electron chi connectivity index (χ0n) is 9.34.